The molecule has 1 saturated carbocycles. The Kier molecular flexibility index (Phi) is 8.07. The van der Waals surface area contributed by atoms with Crippen LogP contribution in [-0.4, -0.2) is 37.7 Å². The molecule has 19 heavy (non-hydrogen) atoms. The third-order valence-electron chi connectivity index (χ3n) is 3.84. The molecule has 1 rings (SSSR count). The average molecular weight is 270 g/mol. The molecule has 0 bridgehead atoms. The van der Waals surface area contributed by atoms with Gasteiger partial charge in [-0.15, -0.1) is 0 Å². The minimum Gasteiger partial charge on any atom is -0.383 e. The molecular weight excluding hydrogens is 240 g/mol. The molecule has 0 saturated heterocycles. The number of carbonyl (C=O) groups is 1. The Balaban J connectivity index is 2.32. The van der Waals surface area contributed by atoms with Crippen molar-refractivity contribution in [1.29, 1.82) is 0 Å². The summed E-state index contributed by atoms with van der Waals surface area (Å²) in [5.41, 5.74) is 0. The van der Waals surface area contributed by atoms with Crippen LogP contribution in [-0.2, 0) is 9.53 Å². The summed E-state index contributed by atoms with van der Waals surface area (Å²) in [6.07, 6.45) is 8.20. The first kappa shape index (κ1) is 16.4. The minimum absolute atomic E-state index is 0.129. The van der Waals surface area contributed by atoms with E-state index in [0.29, 0.717) is 12.6 Å². The lowest BCUT2D eigenvalue weighted by Gasteiger charge is -2.26. The molecule has 4 nitrogen and oxygen atoms in total. The Morgan fingerprint density at radius 3 is 2.58 bits per heavy atom. The Morgan fingerprint density at radius 1 is 1.32 bits per heavy atom. The molecule has 0 radical (unpaired) electrons. The third-order valence-corrected chi connectivity index (χ3v) is 3.84. The summed E-state index contributed by atoms with van der Waals surface area (Å²) < 4.78 is 5.19. The molecule has 1 amide bonds. The zero-order valence-electron chi connectivity index (χ0n) is 12.7. The number of nitrogens with one attached hydrogen (secondary N) is 2. The summed E-state index contributed by atoms with van der Waals surface area (Å²) in [4.78, 5) is 12.1. The van der Waals surface area contributed by atoms with Gasteiger partial charge in [0.15, 0.2) is 0 Å². The van der Waals surface area contributed by atoms with Crippen LogP contribution < -0.4 is 10.6 Å². The quantitative estimate of drug-likeness (QED) is 0.711. The Morgan fingerprint density at radius 2 is 2.00 bits per heavy atom. The second-order valence-corrected chi connectivity index (χ2v) is 5.67. The second-order valence-electron chi connectivity index (χ2n) is 5.67. The number of methoxy groups -OCH3 is 1. The second kappa shape index (κ2) is 9.32. The van der Waals surface area contributed by atoms with E-state index in [1.54, 1.807) is 7.11 Å². The average Bonchev–Trinajstić information content (AvgIpc) is 2.40. The number of hydrogen-bond donors (Lipinski definition) is 2. The monoisotopic (exact) mass is 270 g/mol. The van der Waals surface area contributed by atoms with E-state index < -0.39 is 0 Å². The standard InChI is InChI=1S/C15H30N2O2/c1-4-8-14(11-19-3)16-12(2)15(18)17-13-9-6-5-7-10-13/h12-14,16H,4-11H2,1-3H3,(H,17,18). The van der Waals surface area contributed by atoms with Crippen LogP contribution in [0.5, 0.6) is 0 Å². The van der Waals surface area contributed by atoms with Crippen molar-refractivity contribution in [3.63, 3.8) is 0 Å². The largest absolute Gasteiger partial charge is 0.383 e. The van der Waals surface area contributed by atoms with E-state index in [1.165, 1.54) is 19.3 Å². The van der Waals surface area contributed by atoms with Crippen molar-refractivity contribution in [2.75, 3.05) is 13.7 Å². The minimum atomic E-state index is -0.145. The summed E-state index contributed by atoms with van der Waals surface area (Å²) in [6.45, 7) is 4.75. The molecule has 1 fully saturated rings. The topological polar surface area (TPSA) is 50.4 Å². The smallest absolute Gasteiger partial charge is 0.237 e. The lowest BCUT2D eigenvalue weighted by molar-refractivity contribution is -0.124. The first-order valence-corrected chi connectivity index (χ1v) is 7.72. The number of rotatable bonds is 8. The van der Waals surface area contributed by atoms with Gasteiger partial charge in [-0.25, -0.2) is 0 Å². The van der Waals surface area contributed by atoms with E-state index in [2.05, 4.69) is 17.6 Å². The molecular formula is C15H30N2O2. The van der Waals surface area contributed by atoms with Gasteiger partial charge in [0.25, 0.3) is 0 Å². The highest BCUT2D eigenvalue weighted by Gasteiger charge is 2.21. The van der Waals surface area contributed by atoms with Gasteiger partial charge in [-0.1, -0.05) is 32.6 Å². The normalized spacial score (nSPS) is 19.9. The van der Waals surface area contributed by atoms with Gasteiger partial charge in [-0.05, 0) is 26.2 Å². The maximum absolute atomic E-state index is 12.1. The summed E-state index contributed by atoms with van der Waals surface area (Å²) in [5, 5.41) is 6.54. The molecule has 4 heteroatoms. The fourth-order valence-electron chi connectivity index (χ4n) is 2.77. The number of hydrogen-bond acceptors (Lipinski definition) is 3. The Labute approximate surface area is 117 Å². The van der Waals surface area contributed by atoms with Crippen LogP contribution in [0.25, 0.3) is 0 Å². The molecule has 0 aromatic heterocycles. The number of carbonyl (C=O) groups excluding carboxylic acids is 1. The van der Waals surface area contributed by atoms with Crippen molar-refractivity contribution < 1.29 is 9.53 Å². The van der Waals surface area contributed by atoms with Gasteiger partial charge in [-0.3, -0.25) is 4.79 Å². The molecule has 0 aromatic carbocycles. The van der Waals surface area contributed by atoms with Gasteiger partial charge in [-0.2, -0.15) is 0 Å². The van der Waals surface area contributed by atoms with Crippen molar-refractivity contribution >= 4 is 5.91 Å². The lowest BCUT2D eigenvalue weighted by atomic mass is 9.95. The van der Waals surface area contributed by atoms with Crippen molar-refractivity contribution in [3.8, 4) is 0 Å². The van der Waals surface area contributed by atoms with E-state index in [0.717, 1.165) is 25.7 Å². The third kappa shape index (κ3) is 6.39. The predicted octanol–water partition coefficient (Wildman–Crippen LogP) is 2.23. The molecule has 2 atom stereocenters. The van der Waals surface area contributed by atoms with Gasteiger partial charge in [0.1, 0.15) is 0 Å². The number of ether oxygens (including phenoxy) is 1. The van der Waals surface area contributed by atoms with E-state index >= 15 is 0 Å². The first-order chi connectivity index (χ1) is 9.17. The van der Waals surface area contributed by atoms with Crippen LogP contribution >= 0.6 is 0 Å². The van der Waals surface area contributed by atoms with Crippen LogP contribution in [0.15, 0.2) is 0 Å². The van der Waals surface area contributed by atoms with Crippen molar-refractivity contribution in [1.82, 2.24) is 10.6 Å². The fourth-order valence-corrected chi connectivity index (χ4v) is 2.77. The van der Waals surface area contributed by atoms with Crippen molar-refractivity contribution in [2.24, 2.45) is 0 Å². The van der Waals surface area contributed by atoms with Crippen LogP contribution in [0.2, 0.25) is 0 Å². The molecule has 1 aliphatic carbocycles. The predicted molar refractivity (Wildman–Crippen MR) is 78.2 cm³/mol. The van der Waals surface area contributed by atoms with E-state index in [4.69, 9.17) is 4.74 Å². The Hall–Kier alpha value is -0.610. The summed E-state index contributed by atoms with van der Waals surface area (Å²) >= 11 is 0. The number of amides is 1. The summed E-state index contributed by atoms with van der Waals surface area (Å²) in [6, 6.07) is 0.508. The molecule has 0 aliphatic heterocycles. The molecule has 0 heterocycles. The molecule has 1 aliphatic rings. The van der Waals surface area contributed by atoms with Crippen LogP contribution in [0, 0.1) is 0 Å². The molecule has 0 aromatic rings. The van der Waals surface area contributed by atoms with Gasteiger partial charge in [0.2, 0.25) is 5.91 Å². The maximum atomic E-state index is 12.1. The Bertz CT molecular complexity index is 247. The van der Waals surface area contributed by atoms with Gasteiger partial charge < -0.3 is 15.4 Å². The lowest BCUT2D eigenvalue weighted by Crippen LogP contribution is -2.50. The zero-order chi connectivity index (χ0) is 14.1. The SMILES string of the molecule is CCCC(COC)NC(C)C(=O)NC1CCCCC1. The van der Waals surface area contributed by atoms with Crippen molar-refractivity contribution in [2.45, 2.75) is 76.9 Å². The van der Waals surface area contributed by atoms with Gasteiger partial charge in [0, 0.05) is 19.2 Å². The summed E-state index contributed by atoms with van der Waals surface area (Å²) in [7, 11) is 1.71. The molecule has 2 unspecified atom stereocenters. The van der Waals surface area contributed by atoms with E-state index in [1.807, 2.05) is 6.92 Å². The first-order valence-electron chi connectivity index (χ1n) is 7.72. The van der Waals surface area contributed by atoms with Crippen molar-refractivity contribution in [3.05, 3.63) is 0 Å². The fraction of sp³-hybridized carbons (Fsp3) is 0.933. The van der Waals surface area contributed by atoms with Crippen LogP contribution in [0.1, 0.15) is 58.8 Å². The highest BCUT2D eigenvalue weighted by atomic mass is 16.5. The highest BCUT2D eigenvalue weighted by molar-refractivity contribution is 5.81. The summed E-state index contributed by atoms with van der Waals surface area (Å²) in [5.74, 6) is 0.129. The van der Waals surface area contributed by atoms with Crippen LogP contribution in [0.3, 0.4) is 0 Å². The molecule has 0 spiro atoms. The maximum Gasteiger partial charge on any atom is 0.237 e. The highest BCUT2D eigenvalue weighted by Crippen LogP contribution is 2.17. The zero-order valence-corrected chi connectivity index (χ0v) is 12.7. The van der Waals surface area contributed by atoms with Crippen LogP contribution in [0.4, 0.5) is 0 Å². The van der Waals surface area contributed by atoms with E-state index in [9.17, 15) is 4.79 Å². The van der Waals surface area contributed by atoms with E-state index in [-0.39, 0.29) is 18.0 Å². The van der Waals surface area contributed by atoms with Gasteiger partial charge in [0.05, 0.1) is 12.6 Å². The molecule has 112 valence electrons. The van der Waals surface area contributed by atoms with Gasteiger partial charge >= 0.3 is 0 Å². The molecule has 2 N–H and O–H groups in total.